The molecule has 8 heavy (non-hydrogen) atoms. The molecule has 4 heteroatoms. The standard InChI is InChI=1S/C4H5NO2S/c6-3-4(7)5(3)1-2-8/h8H,1-2H2. The predicted octanol–water partition coefficient (Wildman–Crippen LogP) is -0.986. The minimum Gasteiger partial charge on any atom is -0.265 e. The van der Waals surface area contributed by atoms with Crippen LogP contribution in [0.25, 0.3) is 0 Å². The van der Waals surface area contributed by atoms with E-state index in [-0.39, 0.29) is 11.1 Å². The minimum absolute atomic E-state index is 0.376. The summed E-state index contributed by atoms with van der Waals surface area (Å²) >= 11 is 3.84. The van der Waals surface area contributed by atoms with E-state index < -0.39 is 0 Å². The van der Waals surface area contributed by atoms with Crippen LogP contribution in [-0.4, -0.2) is 10.3 Å². The molecule has 0 amide bonds. The van der Waals surface area contributed by atoms with E-state index in [0.29, 0.717) is 12.3 Å². The number of nitrogens with zero attached hydrogens (tertiary/aromatic N) is 1. The predicted molar refractivity (Wildman–Crippen MR) is 33.2 cm³/mol. The Kier molecular flexibility index (Phi) is 1.25. The highest BCUT2D eigenvalue weighted by atomic mass is 32.1. The van der Waals surface area contributed by atoms with Crippen LogP contribution >= 0.6 is 12.6 Å². The summed E-state index contributed by atoms with van der Waals surface area (Å²) in [5, 5.41) is 0. The molecule has 0 aromatic carbocycles. The Morgan fingerprint density at radius 3 is 2.00 bits per heavy atom. The van der Waals surface area contributed by atoms with Crippen LogP contribution in [0.2, 0.25) is 0 Å². The molecule has 44 valence electrons. The van der Waals surface area contributed by atoms with Gasteiger partial charge in [0.1, 0.15) is 0 Å². The third kappa shape index (κ3) is 0.709. The Hall–Kier alpha value is -0.510. The summed E-state index contributed by atoms with van der Waals surface area (Å²) in [6.45, 7) is 0.459. The van der Waals surface area contributed by atoms with Gasteiger partial charge in [-0.2, -0.15) is 12.6 Å². The molecule has 0 unspecified atom stereocenters. The van der Waals surface area contributed by atoms with Gasteiger partial charge in [-0.3, -0.25) is 14.2 Å². The van der Waals surface area contributed by atoms with Crippen molar-refractivity contribution in [3.63, 3.8) is 0 Å². The number of rotatable bonds is 2. The van der Waals surface area contributed by atoms with Gasteiger partial charge in [0.2, 0.25) is 0 Å². The lowest BCUT2D eigenvalue weighted by molar-refractivity contribution is 0.830. The third-order valence-corrected chi connectivity index (χ3v) is 1.15. The highest BCUT2D eigenvalue weighted by Crippen LogP contribution is 1.76. The molecule has 1 rings (SSSR count). The lowest BCUT2D eigenvalue weighted by Crippen LogP contribution is -1.95. The first-order valence-corrected chi connectivity index (χ1v) is 2.87. The van der Waals surface area contributed by atoms with E-state index in [0.717, 1.165) is 4.57 Å². The summed E-state index contributed by atoms with van der Waals surface area (Å²) in [6.07, 6.45) is 0. The lowest BCUT2D eigenvalue weighted by Gasteiger charge is -1.79. The van der Waals surface area contributed by atoms with Gasteiger partial charge in [0.15, 0.2) is 0 Å². The fraction of sp³-hybridized carbons (Fsp3) is 0.500. The zero-order valence-corrected chi connectivity index (χ0v) is 5.02. The van der Waals surface area contributed by atoms with Crippen LogP contribution < -0.4 is 11.1 Å². The summed E-state index contributed by atoms with van der Waals surface area (Å²) in [4.78, 5) is 20.3. The molecule has 0 atom stereocenters. The van der Waals surface area contributed by atoms with E-state index in [1.807, 2.05) is 0 Å². The molecular formula is C4H5NO2S. The molecule has 0 aliphatic heterocycles. The molecule has 3 nitrogen and oxygen atoms in total. The fourth-order valence-corrected chi connectivity index (χ4v) is 0.667. The Morgan fingerprint density at radius 1 is 1.38 bits per heavy atom. The van der Waals surface area contributed by atoms with E-state index in [1.165, 1.54) is 0 Å². The maximum Gasteiger partial charge on any atom is 0.319 e. The lowest BCUT2D eigenvalue weighted by atomic mass is 10.8. The van der Waals surface area contributed by atoms with Gasteiger partial charge in [0.05, 0.1) is 0 Å². The SMILES string of the molecule is O=c1c(=O)n1CCS. The minimum atomic E-state index is -0.376. The van der Waals surface area contributed by atoms with Gasteiger partial charge >= 0.3 is 11.1 Å². The second-order valence-corrected chi connectivity index (χ2v) is 1.93. The summed E-state index contributed by atoms with van der Waals surface area (Å²) in [7, 11) is 0. The fourth-order valence-electron chi connectivity index (χ4n) is 0.467. The molecule has 0 spiro atoms. The van der Waals surface area contributed by atoms with Gasteiger partial charge in [-0.05, 0) is 0 Å². The summed E-state index contributed by atoms with van der Waals surface area (Å²) in [5.41, 5.74) is -0.752. The second kappa shape index (κ2) is 1.78. The summed E-state index contributed by atoms with van der Waals surface area (Å²) in [5.74, 6) is 0.553. The molecular weight excluding hydrogens is 126 g/mol. The normalized spacial score (nSPS) is 10.6. The smallest absolute Gasteiger partial charge is 0.265 e. The van der Waals surface area contributed by atoms with Crippen LogP contribution in [0.5, 0.6) is 0 Å². The monoisotopic (exact) mass is 131 g/mol. The Labute approximate surface area is 51.0 Å². The van der Waals surface area contributed by atoms with Crippen molar-refractivity contribution in [1.29, 1.82) is 0 Å². The van der Waals surface area contributed by atoms with Gasteiger partial charge in [-0.15, -0.1) is 0 Å². The van der Waals surface area contributed by atoms with Crippen LogP contribution in [0.4, 0.5) is 0 Å². The van der Waals surface area contributed by atoms with Gasteiger partial charge in [-0.25, -0.2) is 0 Å². The van der Waals surface area contributed by atoms with Crippen LogP contribution in [-0.2, 0) is 6.54 Å². The first-order valence-electron chi connectivity index (χ1n) is 2.24. The van der Waals surface area contributed by atoms with Gasteiger partial charge in [-0.1, -0.05) is 0 Å². The van der Waals surface area contributed by atoms with Crippen molar-refractivity contribution >= 4 is 12.6 Å². The van der Waals surface area contributed by atoms with Crippen LogP contribution in [0.15, 0.2) is 9.59 Å². The maximum atomic E-state index is 10.2. The molecule has 0 N–H and O–H groups in total. The van der Waals surface area contributed by atoms with Crippen LogP contribution in [0, 0.1) is 0 Å². The van der Waals surface area contributed by atoms with Crippen molar-refractivity contribution in [3.8, 4) is 0 Å². The summed E-state index contributed by atoms with van der Waals surface area (Å²) in [6, 6.07) is 0. The number of thiol groups is 1. The van der Waals surface area contributed by atoms with Crippen molar-refractivity contribution in [2.45, 2.75) is 6.54 Å². The van der Waals surface area contributed by atoms with Gasteiger partial charge < -0.3 is 0 Å². The second-order valence-electron chi connectivity index (χ2n) is 1.49. The molecule has 0 bridgehead atoms. The average Bonchev–Trinajstić information content (AvgIpc) is 2.25. The van der Waals surface area contributed by atoms with E-state index in [9.17, 15) is 9.59 Å². The highest BCUT2D eigenvalue weighted by Gasteiger charge is 2.13. The molecule has 0 aliphatic carbocycles. The molecule has 0 aliphatic rings. The first kappa shape index (κ1) is 5.62. The first-order chi connectivity index (χ1) is 3.77. The Morgan fingerprint density at radius 2 is 1.88 bits per heavy atom. The quantitative estimate of drug-likeness (QED) is 0.413. The molecule has 1 aromatic heterocycles. The molecule has 0 radical (unpaired) electrons. The van der Waals surface area contributed by atoms with E-state index in [4.69, 9.17) is 0 Å². The Bertz CT molecular complexity index is 220. The highest BCUT2D eigenvalue weighted by molar-refractivity contribution is 7.80. The zero-order chi connectivity index (χ0) is 6.15. The van der Waals surface area contributed by atoms with Crippen LogP contribution in [0.1, 0.15) is 0 Å². The van der Waals surface area contributed by atoms with Crippen LogP contribution in [0.3, 0.4) is 0 Å². The van der Waals surface area contributed by atoms with Crippen molar-refractivity contribution in [2.24, 2.45) is 0 Å². The molecule has 1 heterocycles. The number of hydrogen-bond acceptors (Lipinski definition) is 3. The Balaban J connectivity index is 2.67. The third-order valence-electron chi connectivity index (χ3n) is 0.947. The zero-order valence-electron chi connectivity index (χ0n) is 4.13. The van der Waals surface area contributed by atoms with E-state index in [2.05, 4.69) is 12.6 Å². The molecule has 0 saturated carbocycles. The van der Waals surface area contributed by atoms with Crippen molar-refractivity contribution in [2.75, 3.05) is 5.75 Å². The van der Waals surface area contributed by atoms with Crippen molar-refractivity contribution in [3.05, 3.63) is 20.7 Å². The summed E-state index contributed by atoms with van der Waals surface area (Å²) < 4.78 is 1.16. The van der Waals surface area contributed by atoms with Gasteiger partial charge in [0.25, 0.3) is 0 Å². The van der Waals surface area contributed by atoms with Gasteiger partial charge in [0, 0.05) is 12.3 Å². The van der Waals surface area contributed by atoms with Crippen molar-refractivity contribution in [1.82, 2.24) is 4.57 Å². The largest absolute Gasteiger partial charge is 0.319 e. The van der Waals surface area contributed by atoms with Crippen molar-refractivity contribution < 1.29 is 0 Å². The average molecular weight is 131 g/mol. The molecule has 0 saturated heterocycles. The van der Waals surface area contributed by atoms with E-state index >= 15 is 0 Å². The topological polar surface area (TPSA) is 39.1 Å². The number of aromatic nitrogens is 1. The number of hydrogen-bond donors (Lipinski definition) is 1. The maximum absolute atomic E-state index is 10.2. The molecule has 1 aromatic rings. The molecule has 0 fully saturated rings. The van der Waals surface area contributed by atoms with E-state index in [1.54, 1.807) is 0 Å².